The molecule has 1 aromatic heterocycles. The molecule has 0 aliphatic carbocycles. The highest BCUT2D eigenvalue weighted by molar-refractivity contribution is 5.93. The van der Waals surface area contributed by atoms with E-state index in [0.717, 1.165) is 29.7 Å². The van der Waals surface area contributed by atoms with Gasteiger partial charge < -0.3 is 9.84 Å². The molecular formula is C21H18N2O4. The number of benzene rings is 2. The highest BCUT2D eigenvalue weighted by Gasteiger charge is 2.20. The summed E-state index contributed by atoms with van der Waals surface area (Å²) in [5.74, 6) is 0.333. The van der Waals surface area contributed by atoms with Gasteiger partial charge in [0.2, 0.25) is 0 Å². The first-order valence-electron chi connectivity index (χ1n) is 8.70. The van der Waals surface area contributed by atoms with E-state index in [1.165, 1.54) is 12.1 Å². The lowest BCUT2D eigenvalue weighted by Crippen LogP contribution is -2.28. The lowest BCUT2D eigenvalue weighted by Gasteiger charge is -2.21. The van der Waals surface area contributed by atoms with Gasteiger partial charge in [-0.05, 0) is 48.8 Å². The summed E-state index contributed by atoms with van der Waals surface area (Å²) in [6.07, 6.45) is 3.64. The maximum absolute atomic E-state index is 12.9. The van der Waals surface area contributed by atoms with Gasteiger partial charge in [-0.1, -0.05) is 18.2 Å². The number of methoxy groups -OCH3 is 1. The van der Waals surface area contributed by atoms with E-state index in [-0.39, 0.29) is 11.1 Å². The first kappa shape index (κ1) is 17.0. The molecule has 0 unspecified atom stereocenters. The van der Waals surface area contributed by atoms with Crippen molar-refractivity contribution in [2.24, 2.45) is 0 Å². The molecule has 0 bridgehead atoms. The van der Waals surface area contributed by atoms with E-state index in [9.17, 15) is 14.7 Å². The van der Waals surface area contributed by atoms with E-state index in [1.54, 1.807) is 17.7 Å². The molecule has 136 valence electrons. The van der Waals surface area contributed by atoms with Gasteiger partial charge in [-0.3, -0.25) is 9.36 Å². The lowest BCUT2D eigenvalue weighted by molar-refractivity contribution is 0.0697. The van der Waals surface area contributed by atoms with Gasteiger partial charge in [0.25, 0.3) is 5.56 Å². The third kappa shape index (κ3) is 2.99. The standard InChI is InChI=1S/C21H18N2O4/c1-27-18-7-3-2-5-13(18)11-14-6-4-10-23-19(14)22-17-9-8-15(21(25)26)12-16(17)20(23)24/h2-3,5,7-9,11-12H,4,6,10H2,1H3,(H,25,26)/b14-11+. The Morgan fingerprint density at radius 2 is 2.07 bits per heavy atom. The number of hydrogen-bond acceptors (Lipinski definition) is 4. The minimum absolute atomic E-state index is 0.0857. The molecule has 1 aliphatic rings. The van der Waals surface area contributed by atoms with Crippen LogP contribution in [0, 0.1) is 0 Å². The number of carbonyl (C=O) groups is 1. The fraction of sp³-hybridized carbons (Fsp3) is 0.190. The largest absolute Gasteiger partial charge is 0.496 e. The number of fused-ring (bicyclic) bond motifs is 2. The van der Waals surface area contributed by atoms with Gasteiger partial charge in [-0.2, -0.15) is 0 Å². The highest BCUT2D eigenvalue weighted by atomic mass is 16.5. The fourth-order valence-electron chi connectivity index (χ4n) is 3.46. The molecule has 27 heavy (non-hydrogen) atoms. The van der Waals surface area contributed by atoms with Crippen LogP contribution in [0.15, 0.2) is 47.3 Å². The highest BCUT2D eigenvalue weighted by Crippen LogP contribution is 2.30. The summed E-state index contributed by atoms with van der Waals surface area (Å²) in [4.78, 5) is 28.8. The monoisotopic (exact) mass is 362 g/mol. The van der Waals surface area contributed by atoms with Gasteiger partial charge >= 0.3 is 5.97 Å². The van der Waals surface area contributed by atoms with Crippen LogP contribution in [0.4, 0.5) is 0 Å². The summed E-state index contributed by atoms with van der Waals surface area (Å²) in [5.41, 5.74) is 2.28. The van der Waals surface area contributed by atoms with Crippen LogP contribution in [0.5, 0.6) is 5.75 Å². The van der Waals surface area contributed by atoms with Crippen molar-refractivity contribution in [3.63, 3.8) is 0 Å². The molecule has 0 atom stereocenters. The molecule has 0 spiro atoms. The molecule has 0 saturated heterocycles. The van der Waals surface area contributed by atoms with Crippen LogP contribution in [-0.2, 0) is 6.54 Å². The van der Waals surface area contributed by atoms with Crippen molar-refractivity contribution >= 4 is 28.5 Å². The van der Waals surface area contributed by atoms with Crippen molar-refractivity contribution in [3.05, 3.63) is 69.8 Å². The Bertz CT molecular complexity index is 1140. The third-order valence-corrected chi connectivity index (χ3v) is 4.78. The van der Waals surface area contributed by atoms with Crippen molar-refractivity contribution < 1.29 is 14.6 Å². The molecule has 0 radical (unpaired) electrons. The summed E-state index contributed by atoms with van der Waals surface area (Å²) in [5, 5.41) is 9.51. The third-order valence-electron chi connectivity index (χ3n) is 4.78. The van der Waals surface area contributed by atoms with Gasteiger partial charge in [-0.25, -0.2) is 9.78 Å². The minimum Gasteiger partial charge on any atom is -0.496 e. The lowest BCUT2D eigenvalue weighted by atomic mass is 10.0. The minimum atomic E-state index is -1.06. The molecule has 1 aliphatic heterocycles. The molecule has 2 heterocycles. The number of aromatic nitrogens is 2. The molecule has 0 amide bonds. The first-order chi connectivity index (χ1) is 13.1. The van der Waals surface area contributed by atoms with Crippen molar-refractivity contribution in [3.8, 4) is 5.75 Å². The summed E-state index contributed by atoms with van der Waals surface area (Å²) in [7, 11) is 1.63. The molecule has 2 aromatic carbocycles. The zero-order chi connectivity index (χ0) is 19.0. The molecule has 6 heteroatoms. The molecule has 0 fully saturated rings. The Labute approximate surface area is 155 Å². The quantitative estimate of drug-likeness (QED) is 0.772. The predicted molar refractivity (Wildman–Crippen MR) is 103 cm³/mol. The molecule has 6 nitrogen and oxygen atoms in total. The number of hydrogen-bond donors (Lipinski definition) is 1. The fourth-order valence-corrected chi connectivity index (χ4v) is 3.46. The molecule has 4 rings (SSSR count). The van der Waals surface area contributed by atoms with Crippen molar-refractivity contribution in [2.45, 2.75) is 19.4 Å². The van der Waals surface area contributed by atoms with E-state index in [1.807, 2.05) is 30.3 Å². The summed E-state index contributed by atoms with van der Waals surface area (Å²) in [6, 6.07) is 12.2. The van der Waals surface area contributed by atoms with E-state index in [2.05, 4.69) is 4.98 Å². The Balaban J connectivity index is 1.91. The average molecular weight is 362 g/mol. The maximum atomic E-state index is 12.9. The normalized spacial score (nSPS) is 14.9. The number of rotatable bonds is 3. The number of ether oxygens (including phenoxy) is 1. The molecule has 0 saturated carbocycles. The average Bonchev–Trinajstić information content (AvgIpc) is 2.69. The number of para-hydroxylation sites is 1. The smallest absolute Gasteiger partial charge is 0.335 e. The van der Waals surface area contributed by atoms with Crippen LogP contribution < -0.4 is 10.3 Å². The molecular weight excluding hydrogens is 344 g/mol. The van der Waals surface area contributed by atoms with Crippen molar-refractivity contribution in [1.82, 2.24) is 9.55 Å². The predicted octanol–water partition coefficient (Wildman–Crippen LogP) is 3.44. The number of aromatic carboxylic acids is 1. The maximum Gasteiger partial charge on any atom is 0.335 e. The number of carboxylic acid groups (broad SMARTS) is 1. The van der Waals surface area contributed by atoms with Crippen LogP contribution in [0.1, 0.15) is 34.6 Å². The zero-order valence-corrected chi connectivity index (χ0v) is 14.8. The van der Waals surface area contributed by atoms with Crippen LogP contribution >= 0.6 is 0 Å². The number of nitrogens with zero attached hydrogens (tertiary/aromatic N) is 2. The summed E-state index contributed by atoms with van der Waals surface area (Å²) < 4.78 is 7.05. The molecule has 3 aromatic rings. The van der Waals surface area contributed by atoms with Crippen molar-refractivity contribution in [1.29, 1.82) is 0 Å². The van der Waals surface area contributed by atoms with Gasteiger partial charge in [0.05, 0.1) is 23.6 Å². The summed E-state index contributed by atoms with van der Waals surface area (Å²) >= 11 is 0. The van der Waals surface area contributed by atoms with E-state index in [4.69, 9.17) is 4.74 Å². The Morgan fingerprint density at radius 1 is 1.26 bits per heavy atom. The Kier molecular flexibility index (Phi) is 4.24. The summed E-state index contributed by atoms with van der Waals surface area (Å²) in [6.45, 7) is 0.567. The topological polar surface area (TPSA) is 81.4 Å². The van der Waals surface area contributed by atoms with Gasteiger partial charge in [0, 0.05) is 12.1 Å². The first-order valence-corrected chi connectivity index (χ1v) is 8.70. The second-order valence-corrected chi connectivity index (χ2v) is 6.44. The second kappa shape index (κ2) is 6.72. The zero-order valence-electron chi connectivity index (χ0n) is 14.8. The van der Waals surface area contributed by atoms with Crippen LogP contribution in [0.2, 0.25) is 0 Å². The van der Waals surface area contributed by atoms with E-state index < -0.39 is 5.97 Å². The number of allylic oxidation sites excluding steroid dienone is 1. The van der Waals surface area contributed by atoms with Gasteiger partial charge in [-0.15, -0.1) is 0 Å². The van der Waals surface area contributed by atoms with Gasteiger partial charge in [0.15, 0.2) is 0 Å². The van der Waals surface area contributed by atoms with Crippen LogP contribution in [0.3, 0.4) is 0 Å². The second-order valence-electron chi connectivity index (χ2n) is 6.44. The number of carboxylic acids is 1. The van der Waals surface area contributed by atoms with E-state index in [0.29, 0.717) is 23.3 Å². The SMILES string of the molecule is COc1ccccc1/C=C1\CCCn2c1nc1ccc(C(=O)O)cc1c2=O. The molecule has 1 N–H and O–H groups in total. The van der Waals surface area contributed by atoms with Crippen molar-refractivity contribution in [2.75, 3.05) is 7.11 Å². The van der Waals surface area contributed by atoms with Crippen LogP contribution in [-0.4, -0.2) is 27.7 Å². The van der Waals surface area contributed by atoms with E-state index >= 15 is 0 Å². The van der Waals surface area contributed by atoms with Crippen LogP contribution in [0.25, 0.3) is 22.6 Å². The Morgan fingerprint density at radius 3 is 2.85 bits per heavy atom. The Hall–Kier alpha value is -3.41. The van der Waals surface area contributed by atoms with Gasteiger partial charge in [0.1, 0.15) is 11.6 Å².